The van der Waals surface area contributed by atoms with E-state index >= 15 is 0 Å². The van der Waals surface area contributed by atoms with Crippen molar-refractivity contribution in [2.45, 2.75) is 26.3 Å². The van der Waals surface area contributed by atoms with Crippen molar-refractivity contribution < 1.29 is 23.9 Å². The average Bonchev–Trinajstić information content (AvgIpc) is 2.75. The van der Waals surface area contributed by atoms with Crippen molar-refractivity contribution in [2.75, 3.05) is 13.7 Å². The first-order chi connectivity index (χ1) is 14.5. The van der Waals surface area contributed by atoms with Gasteiger partial charge in [-0.1, -0.05) is 49.7 Å². The number of rotatable bonds is 8. The second-order valence-electron chi connectivity index (χ2n) is 6.81. The van der Waals surface area contributed by atoms with E-state index < -0.39 is 17.8 Å². The number of nitrogens with one attached hydrogen (secondary N) is 1. The Balaban J connectivity index is 1.84. The van der Waals surface area contributed by atoms with Crippen molar-refractivity contribution in [2.24, 2.45) is 0 Å². The molecule has 0 saturated carbocycles. The van der Waals surface area contributed by atoms with E-state index in [1.54, 1.807) is 18.2 Å². The zero-order valence-corrected chi connectivity index (χ0v) is 17.0. The summed E-state index contributed by atoms with van der Waals surface area (Å²) in [6.45, 7) is 2.72. The molecule has 0 radical (unpaired) electrons. The molecular weight excluding hydrogens is 384 g/mol. The Labute approximate surface area is 175 Å². The number of carbonyl (C=O) groups is 3. The van der Waals surface area contributed by atoms with E-state index in [1.807, 2.05) is 30.3 Å². The zero-order chi connectivity index (χ0) is 21.5. The summed E-state index contributed by atoms with van der Waals surface area (Å²) in [5.74, 6) is -0.277. The Morgan fingerprint density at radius 1 is 1.03 bits per heavy atom. The molecule has 0 spiro atoms. The Morgan fingerprint density at radius 2 is 1.80 bits per heavy atom. The van der Waals surface area contributed by atoms with E-state index in [0.717, 1.165) is 23.3 Å². The number of hydrogen-bond acceptors (Lipinski definition) is 5. The third-order valence-electron chi connectivity index (χ3n) is 4.62. The minimum Gasteiger partial charge on any atom is -0.493 e. The van der Waals surface area contributed by atoms with Crippen LogP contribution in [-0.2, 0) is 16.1 Å². The molecule has 4 amide bonds. The van der Waals surface area contributed by atoms with Gasteiger partial charge in [-0.15, -0.1) is 0 Å². The van der Waals surface area contributed by atoms with E-state index in [0.29, 0.717) is 23.7 Å². The standard InChI is InChI=1S/C23H24N2O5/c1-3-4-12-30-19-11-10-17(14-20(19)29-2)13-18-21(26)24-23(28)25(22(18)27)15-16-8-6-5-7-9-16/h5-11,13-14H,3-4,12,15H2,1-2H3,(H,24,26,28). The van der Waals surface area contributed by atoms with Crippen molar-refractivity contribution in [3.8, 4) is 11.5 Å². The lowest BCUT2D eigenvalue weighted by molar-refractivity contribution is -0.130. The van der Waals surface area contributed by atoms with Crippen LogP contribution < -0.4 is 14.8 Å². The Morgan fingerprint density at radius 3 is 2.50 bits per heavy atom. The minimum absolute atomic E-state index is 0.0731. The largest absolute Gasteiger partial charge is 0.493 e. The number of urea groups is 1. The van der Waals surface area contributed by atoms with Crippen LogP contribution in [0.1, 0.15) is 30.9 Å². The van der Waals surface area contributed by atoms with Gasteiger partial charge in [0, 0.05) is 0 Å². The first-order valence-electron chi connectivity index (χ1n) is 9.77. The van der Waals surface area contributed by atoms with Crippen LogP contribution in [0.15, 0.2) is 54.1 Å². The quantitative estimate of drug-likeness (QED) is 0.410. The highest BCUT2D eigenvalue weighted by Gasteiger charge is 2.35. The average molecular weight is 408 g/mol. The maximum atomic E-state index is 12.9. The van der Waals surface area contributed by atoms with Crippen molar-refractivity contribution in [3.63, 3.8) is 0 Å². The molecule has 1 aliphatic rings. The molecule has 1 N–H and O–H groups in total. The fourth-order valence-electron chi connectivity index (χ4n) is 2.99. The van der Waals surface area contributed by atoms with Gasteiger partial charge in [-0.05, 0) is 35.8 Å². The molecular formula is C23H24N2O5. The van der Waals surface area contributed by atoms with Crippen LogP contribution in [0.3, 0.4) is 0 Å². The van der Waals surface area contributed by atoms with Crippen LogP contribution in [0, 0.1) is 0 Å². The Hall–Kier alpha value is -3.61. The number of amides is 4. The van der Waals surface area contributed by atoms with Gasteiger partial charge in [0.15, 0.2) is 11.5 Å². The molecule has 1 fully saturated rings. The van der Waals surface area contributed by atoms with Crippen LogP contribution in [0.2, 0.25) is 0 Å². The van der Waals surface area contributed by atoms with Crippen molar-refractivity contribution >= 4 is 23.9 Å². The van der Waals surface area contributed by atoms with E-state index in [9.17, 15) is 14.4 Å². The highest BCUT2D eigenvalue weighted by atomic mass is 16.5. The Bertz CT molecular complexity index is 969. The van der Waals surface area contributed by atoms with Gasteiger partial charge >= 0.3 is 6.03 Å². The molecule has 2 aromatic rings. The summed E-state index contributed by atoms with van der Waals surface area (Å²) in [6.07, 6.45) is 3.39. The number of imide groups is 2. The third-order valence-corrected chi connectivity index (χ3v) is 4.62. The van der Waals surface area contributed by atoms with E-state index in [4.69, 9.17) is 9.47 Å². The molecule has 0 bridgehead atoms. The lowest BCUT2D eigenvalue weighted by Gasteiger charge is -2.26. The van der Waals surface area contributed by atoms with Crippen LogP contribution in [0.4, 0.5) is 4.79 Å². The number of methoxy groups -OCH3 is 1. The summed E-state index contributed by atoms with van der Waals surface area (Å²) in [5, 5.41) is 2.23. The summed E-state index contributed by atoms with van der Waals surface area (Å²) in [6, 6.07) is 13.5. The summed E-state index contributed by atoms with van der Waals surface area (Å²) in [7, 11) is 1.53. The van der Waals surface area contributed by atoms with Gasteiger partial charge in [-0.3, -0.25) is 19.8 Å². The summed E-state index contributed by atoms with van der Waals surface area (Å²) in [5.41, 5.74) is 1.25. The van der Waals surface area contributed by atoms with Crippen LogP contribution in [0.5, 0.6) is 11.5 Å². The predicted octanol–water partition coefficient (Wildman–Crippen LogP) is 3.54. The monoisotopic (exact) mass is 408 g/mol. The third kappa shape index (κ3) is 4.86. The van der Waals surface area contributed by atoms with Crippen LogP contribution >= 0.6 is 0 Å². The molecule has 3 rings (SSSR count). The number of barbiturate groups is 1. The molecule has 1 heterocycles. The van der Waals surface area contributed by atoms with Gasteiger partial charge in [-0.25, -0.2) is 4.79 Å². The van der Waals surface area contributed by atoms with Gasteiger partial charge in [0.2, 0.25) is 0 Å². The van der Waals surface area contributed by atoms with Crippen molar-refractivity contribution in [1.82, 2.24) is 10.2 Å². The Kier molecular flexibility index (Phi) is 6.85. The van der Waals surface area contributed by atoms with Gasteiger partial charge in [-0.2, -0.15) is 0 Å². The smallest absolute Gasteiger partial charge is 0.331 e. The van der Waals surface area contributed by atoms with Crippen molar-refractivity contribution in [1.29, 1.82) is 0 Å². The van der Waals surface area contributed by atoms with Gasteiger partial charge < -0.3 is 9.47 Å². The minimum atomic E-state index is -0.733. The number of carbonyl (C=O) groups excluding carboxylic acids is 3. The van der Waals surface area contributed by atoms with E-state index in [2.05, 4.69) is 12.2 Å². The van der Waals surface area contributed by atoms with Gasteiger partial charge in [0.05, 0.1) is 20.3 Å². The first kappa shape index (κ1) is 21.1. The molecule has 30 heavy (non-hydrogen) atoms. The second-order valence-corrected chi connectivity index (χ2v) is 6.81. The van der Waals surface area contributed by atoms with E-state index in [1.165, 1.54) is 13.2 Å². The van der Waals surface area contributed by atoms with Gasteiger partial charge in [0.25, 0.3) is 11.8 Å². The molecule has 0 atom stereocenters. The van der Waals surface area contributed by atoms with Gasteiger partial charge in [0.1, 0.15) is 5.57 Å². The van der Waals surface area contributed by atoms with Crippen molar-refractivity contribution in [3.05, 3.63) is 65.2 Å². The normalized spacial score (nSPS) is 15.3. The lowest BCUT2D eigenvalue weighted by atomic mass is 10.1. The number of unbranched alkanes of at least 4 members (excludes halogenated alkanes) is 1. The summed E-state index contributed by atoms with van der Waals surface area (Å²) < 4.78 is 11.1. The van der Waals surface area contributed by atoms with Crippen LogP contribution in [-0.4, -0.2) is 36.5 Å². The number of benzene rings is 2. The molecule has 0 unspecified atom stereocenters. The lowest BCUT2D eigenvalue weighted by Crippen LogP contribution is -2.53. The maximum Gasteiger partial charge on any atom is 0.331 e. The number of hydrogen-bond donors (Lipinski definition) is 1. The number of ether oxygens (including phenoxy) is 2. The fourth-order valence-corrected chi connectivity index (χ4v) is 2.99. The zero-order valence-electron chi connectivity index (χ0n) is 17.0. The molecule has 1 saturated heterocycles. The predicted molar refractivity (Wildman–Crippen MR) is 112 cm³/mol. The maximum absolute atomic E-state index is 12.9. The highest BCUT2D eigenvalue weighted by Crippen LogP contribution is 2.29. The highest BCUT2D eigenvalue weighted by molar-refractivity contribution is 6.30. The van der Waals surface area contributed by atoms with E-state index in [-0.39, 0.29) is 12.1 Å². The SMILES string of the molecule is CCCCOc1ccc(C=C2C(=O)NC(=O)N(Cc3ccccc3)C2=O)cc1OC. The molecule has 7 nitrogen and oxygen atoms in total. The molecule has 7 heteroatoms. The topological polar surface area (TPSA) is 84.9 Å². The molecule has 0 aromatic heterocycles. The first-order valence-corrected chi connectivity index (χ1v) is 9.77. The fraction of sp³-hybridized carbons (Fsp3) is 0.261. The molecule has 156 valence electrons. The molecule has 1 aliphatic heterocycles. The van der Waals surface area contributed by atoms with Crippen LogP contribution in [0.25, 0.3) is 6.08 Å². The number of nitrogens with zero attached hydrogens (tertiary/aromatic N) is 1. The molecule has 0 aliphatic carbocycles. The second kappa shape index (κ2) is 9.73. The summed E-state index contributed by atoms with van der Waals surface area (Å²) >= 11 is 0. The molecule has 2 aromatic carbocycles. The summed E-state index contributed by atoms with van der Waals surface area (Å²) in [4.78, 5) is 38.4.